The standard InChI is InChI=1S/C22H27N5O2S.ClH/c1-15-19(29-14-23-15)20-24-25-21(26(20)2)30-10-4-9-27-12-17-11-22(17,13-27)16-5-7-18(28-3)8-6-16;/h5-8,14,17H,4,9-13H2,1-3H3;1H/t17-,22+;/m1./s1. The first-order valence-corrected chi connectivity index (χ1v) is 11.4. The molecule has 3 aromatic rings. The van der Waals surface area contributed by atoms with Gasteiger partial charge in [-0.25, -0.2) is 4.98 Å². The number of nitrogens with zero attached hydrogens (tertiary/aromatic N) is 5. The Bertz CT molecular complexity index is 1040. The fourth-order valence-corrected chi connectivity index (χ4v) is 5.57. The predicted octanol–water partition coefficient (Wildman–Crippen LogP) is 3.96. The first kappa shape index (κ1) is 22.2. The van der Waals surface area contributed by atoms with Gasteiger partial charge in [-0.1, -0.05) is 23.9 Å². The lowest BCUT2D eigenvalue weighted by Gasteiger charge is -2.21. The number of hydrogen-bond acceptors (Lipinski definition) is 7. The number of ether oxygens (including phenoxy) is 1. The molecule has 2 aromatic heterocycles. The molecule has 0 unspecified atom stereocenters. The van der Waals surface area contributed by atoms with Crippen molar-refractivity contribution in [2.75, 3.05) is 32.5 Å². The van der Waals surface area contributed by atoms with Gasteiger partial charge in [-0.05, 0) is 49.9 Å². The quantitative estimate of drug-likeness (QED) is 0.371. The van der Waals surface area contributed by atoms with Crippen LogP contribution in [0.4, 0.5) is 0 Å². The van der Waals surface area contributed by atoms with Gasteiger partial charge in [0, 0.05) is 31.3 Å². The van der Waals surface area contributed by atoms with E-state index in [0.717, 1.165) is 47.1 Å². The fourth-order valence-electron chi connectivity index (χ4n) is 4.73. The summed E-state index contributed by atoms with van der Waals surface area (Å²) in [5.41, 5.74) is 2.69. The number of benzene rings is 1. The Kier molecular flexibility index (Phi) is 6.32. The minimum Gasteiger partial charge on any atom is -0.497 e. The lowest BCUT2D eigenvalue weighted by molar-refractivity contribution is 0.299. The average molecular weight is 462 g/mol. The van der Waals surface area contributed by atoms with Crippen LogP contribution >= 0.6 is 24.2 Å². The molecule has 9 heteroatoms. The van der Waals surface area contributed by atoms with Gasteiger partial charge in [0.1, 0.15) is 5.75 Å². The molecule has 3 heterocycles. The van der Waals surface area contributed by atoms with E-state index in [2.05, 4.69) is 44.3 Å². The molecule has 166 valence electrons. The second-order valence-electron chi connectivity index (χ2n) is 8.35. The third-order valence-corrected chi connectivity index (χ3v) is 7.62. The van der Waals surface area contributed by atoms with E-state index >= 15 is 0 Å². The summed E-state index contributed by atoms with van der Waals surface area (Å²) in [6, 6.07) is 8.68. The van der Waals surface area contributed by atoms with E-state index in [1.54, 1.807) is 18.9 Å². The Hall–Kier alpha value is -2.03. The van der Waals surface area contributed by atoms with Crippen LogP contribution in [-0.4, -0.2) is 57.1 Å². The van der Waals surface area contributed by atoms with Crippen LogP contribution in [0.2, 0.25) is 0 Å². The summed E-state index contributed by atoms with van der Waals surface area (Å²) in [5.74, 6) is 4.19. The van der Waals surface area contributed by atoms with E-state index in [0.29, 0.717) is 11.2 Å². The maximum Gasteiger partial charge on any atom is 0.202 e. The number of piperidine rings is 1. The molecule has 0 radical (unpaired) electrons. The van der Waals surface area contributed by atoms with Crippen LogP contribution in [0, 0.1) is 12.8 Å². The first-order valence-electron chi connectivity index (χ1n) is 10.4. The van der Waals surface area contributed by atoms with Crippen molar-refractivity contribution in [3.05, 3.63) is 41.9 Å². The van der Waals surface area contributed by atoms with Gasteiger partial charge in [0.25, 0.3) is 0 Å². The Morgan fingerprint density at radius 1 is 1.26 bits per heavy atom. The maximum absolute atomic E-state index is 5.45. The molecule has 0 amide bonds. The molecule has 1 saturated carbocycles. The molecule has 5 rings (SSSR count). The number of oxazole rings is 1. The number of aryl methyl sites for hydroxylation is 1. The smallest absolute Gasteiger partial charge is 0.202 e. The van der Waals surface area contributed by atoms with E-state index < -0.39 is 0 Å². The second kappa shape index (κ2) is 8.84. The van der Waals surface area contributed by atoms with Crippen LogP contribution in [0.5, 0.6) is 5.75 Å². The van der Waals surface area contributed by atoms with E-state index in [4.69, 9.17) is 9.15 Å². The van der Waals surface area contributed by atoms with Crippen LogP contribution in [0.15, 0.2) is 40.2 Å². The van der Waals surface area contributed by atoms with Crippen LogP contribution in [0.3, 0.4) is 0 Å². The van der Waals surface area contributed by atoms with Gasteiger partial charge in [-0.3, -0.25) is 0 Å². The van der Waals surface area contributed by atoms with E-state index in [9.17, 15) is 0 Å². The molecule has 1 aliphatic carbocycles. The lowest BCUT2D eigenvalue weighted by Crippen LogP contribution is -2.27. The molecular formula is C22H28ClN5O2S. The molecule has 0 N–H and O–H groups in total. The third kappa shape index (κ3) is 4.08. The summed E-state index contributed by atoms with van der Waals surface area (Å²) in [4.78, 5) is 6.77. The van der Waals surface area contributed by atoms with Gasteiger partial charge in [0.15, 0.2) is 17.3 Å². The van der Waals surface area contributed by atoms with Crippen molar-refractivity contribution >= 4 is 24.2 Å². The monoisotopic (exact) mass is 461 g/mol. The van der Waals surface area contributed by atoms with Crippen LogP contribution in [-0.2, 0) is 12.5 Å². The number of hydrogen-bond donors (Lipinski definition) is 0. The Balaban J connectivity index is 0.00000231. The van der Waals surface area contributed by atoms with Crippen molar-refractivity contribution in [1.82, 2.24) is 24.6 Å². The molecule has 2 aliphatic rings. The summed E-state index contributed by atoms with van der Waals surface area (Å²) in [6.45, 7) is 5.44. The zero-order valence-corrected chi connectivity index (χ0v) is 19.7. The summed E-state index contributed by atoms with van der Waals surface area (Å²) >= 11 is 1.75. The largest absolute Gasteiger partial charge is 0.497 e. The lowest BCUT2D eigenvalue weighted by atomic mass is 9.95. The number of halogens is 1. The van der Waals surface area contributed by atoms with E-state index in [-0.39, 0.29) is 12.4 Å². The van der Waals surface area contributed by atoms with Crippen molar-refractivity contribution in [1.29, 1.82) is 0 Å². The highest BCUT2D eigenvalue weighted by molar-refractivity contribution is 7.99. The molecule has 0 bridgehead atoms. The van der Waals surface area contributed by atoms with Crippen molar-refractivity contribution in [2.24, 2.45) is 13.0 Å². The summed E-state index contributed by atoms with van der Waals surface area (Å²) < 4.78 is 12.7. The number of aromatic nitrogens is 4. The Morgan fingerprint density at radius 3 is 2.77 bits per heavy atom. The highest BCUT2D eigenvalue weighted by Crippen LogP contribution is 2.59. The highest BCUT2D eigenvalue weighted by Gasteiger charge is 2.60. The molecule has 2 fully saturated rings. The second-order valence-corrected chi connectivity index (χ2v) is 9.42. The number of methoxy groups -OCH3 is 1. The molecule has 31 heavy (non-hydrogen) atoms. The molecular weight excluding hydrogens is 434 g/mol. The molecule has 7 nitrogen and oxygen atoms in total. The Morgan fingerprint density at radius 2 is 2.06 bits per heavy atom. The minimum atomic E-state index is 0. The van der Waals surface area contributed by atoms with Crippen molar-refractivity contribution in [2.45, 2.75) is 30.3 Å². The topological polar surface area (TPSA) is 69.2 Å². The zero-order chi connectivity index (χ0) is 20.7. The van der Waals surface area contributed by atoms with E-state index in [1.165, 1.54) is 31.5 Å². The van der Waals surface area contributed by atoms with Crippen molar-refractivity contribution in [3.8, 4) is 17.3 Å². The third-order valence-electron chi connectivity index (χ3n) is 6.51. The van der Waals surface area contributed by atoms with Gasteiger partial charge >= 0.3 is 0 Å². The van der Waals surface area contributed by atoms with E-state index in [1.807, 2.05) is 18.5 Å². The van der Waals surface area contributed by atoms with Gasteiger partial charge in [0.05, 0.1) is 12.8 Å². The van der Waals surface area contributed by atoms with Crippen LogP contribution in [0.1, 0.15) is 24.1 Å². The van der Waals surface area contributed by atoms with Gasteiger partial charge in [0.2, 0.25) is 5.82 Å². The van der Waals surface area contributed by atoms with Crippen molar-refractivity contribution < 1.29 is 9.15 Å². The van der Waals surface area contributed by atoms with Gasteiger partial charge in [-0.15, -0.1) is 22.6 Å². The predicted molar refractivity (Wildman–Crippen MR) is 123 cm³/mol. The molecule has 2 atom stereocenters. The molecule has 1 aliphatic heterocycles. The normalized spacial score (nSPS) is 22.2. The number of rotatable bonds is 8. The average Bonchev–Trinajstić information content (AvgIpc) is 3.05. The molecule has 1 saturated heterocycles. The summed E-state index contributed by atoms with van der Waals surface area (Å²) in [5, 5.41) is 9.53. The van der Waals surface area contributed by atoms with Crippen molar-refractivity contribution in [3.63, 3.8) is 0 Å². The summed E-state index contributed by atoms with van der Waals surface area (Å²) in [6.07, 6.45) is 3.92. The highest BCUT2D eigenvalue weighted by atomic mass is 35.5. The van der Waals surface area contributed by atoms with Crippen LogP contribution in [0.25, 0.3) is 11.6 Å². The number of thioether (sulfide) groups is 1. The number of likely N-dealkylation sites (tertiary alicyclic amines) is 1. The van der Waals surface area contributed by atoms with Gasteiger partial charge < -0.3 is 18.6 Å². The first-order chi connectivity index (χ1) is 14.6. The molecule has 1 aromatic carbocycles. The minimum absolute atomic E-state index is 0. The Labute approximate surface area is 193 Å². The SMILES string of the molecule is COc1ccc([C@@]23C[C@@H]2CN(CCCSc2nnc(-c4ocnc4C)n2C)C3)cc1.Cl. The molecule has 0 spiro atoms. The zero-order valence-electron chi connectivity index (χ0n) is 18.1. The maximum atomic E-state index is 5.45. The fraction of sp³-hybridized carbons (Fsp3) is 0.500. The van der Waals surface area contributed by atoms with Gasteiger partial charge in [-0.2, -0.15) is 0 Å². The summed E-state index contributed by atoms with van der Waals surface area (Å²) in [7, 11) is 3.70. The van der Waals surface area contributed by atoms with Crippen LogP contribution < -0.4 is 4.74 Å². The number of fused-ring (bicyclic) bond motifs is 1.